The largest absolute Gasteiger partial charge is 0.289 e. The summed E-state index contributed by atoms with van der Waals surface area (Å²) in [5, 5.41) is 8.35. The molecule has 0 aliphatic heterocycles. The summed E-state index contributed by atoms with van der Waals surface area (Å²) in [6, 6.07) is 0. The Balaban J connectivity index is 2.98. The highest BCUT2D eigenvalue weighted by atomic mass is 35.5. The van der Waals surface area contributed by atoms with Crippen molar-refractivity contribution in [1.29, 1.82) is 0 Å². The second-order valence-corrected chi connectivity index (χ2v) is 6.30. The van der Waals surface area contributed by atoms with E-state index in [0.717, 1.165) is 18.7 Å². The van der Waals surface area contributed by atoms with Crippen molar-refractivity contribution in [3.63, 3.8) is 0 Å². The quantitative estimate of drug-likeness (QED) is 0.169. The monoisotopic (exact) mass is 319 g/mol. The molecule has 3 nitrogen and oxygen atoms in total. The van der Waals surface area contributed by atoms with Gasteiger partial charge in [-0.05, 0) is 12.8 Å². The first-order chi connectivity index (χ1) is 10.3. The van der Waals surface area contributed by atoms with E-state index in [1.54, 1.807) is 5.48 Å². The lowest BCUT2D eigenvalue weighted by Gasteiger charge is -2.03. The number of alkyl halides is 1. The van der Waals surface area contributed by atoms with E-state index >= 15 is 0 Å². The van der Waals surface area contributed by atoms with E-state index in [9.17, 15) is 4.79 Å². The van der Waals surface area contributed by atoms with Crippen molar-refractivity contribution in [2.75, 3.05) is 5.88 Å². The molecule has 0 aliphatic rings. The average molecular weight is 320 g/mol. The highest BCUT2D eigenvalue weighted by Gasteiger charge is 1.98. The maximum Gasteiger partial charge on any atom is 0.243 e. The molecule has 0 aromatic carbocycles. The molecule has 0 aliphatic carbocycles. The number of hydroxylamine groups is 1. The van der Waals surface area contributed by atoms with Crippen LogP contribution in [0.25, 0.3) is 0 Å². The lowest BCUT2D eigenvalue weighted by Crippen LogP contribution is -2.17. The normalized spacial score (nSPS) is 10.8. The van der Waals surface area contributed by atoms with E-state index in [-0.39, 0.29) is 5.91 Å². The summed E-state index contributed by atoms with van der Waals surface area (Å²) in [6.45, 7) is 0. The van der Waals surface area contributed by atoms with Crippen LogP contribution in [-0.2, 0) is 4.79 Å². The van der Waals surface area contributed by atoms with Crippen molar-refractivity contribution >= 4 is 17.5 Å². The van der Waals surface area contributed by atoms with Gasteiger partial charge in [-0.3, -0.25) is 10.0 Å². The summed E-state index contributed by atoms with van der Waals surface area (Å²) in [5.41, 5.74) is 1.67. The first-order valence-corrected chi connectivity index (χ1v) is 9.33. The van der Waals surface area contributed by atoms with Gasteiger partial charge in [0.25, 0.3) is 0 Å². The molecule has 0 unspecified atom stereocenters. The number of amides is 1. The fourth-order valence-electron chi connectivity index (χ4n) is 2.56. The predicted molar refractivity (Wildman–Crippen MR) is 89.9 cm³/mol. The van der Waals surface area contributed by atoms with Crippen LogP contribution in [0.3, 0.4) is 0 Å². The van der Waals surface area contributed by atoms with Gasteiger partial charge in [-0.25, -0.2) is 5.48 Å². The number of hydrogen-bond donors (Lipinski definition) is 2. The van der Waals surface area contributed by atoms with Crippen molar-refractivity contribution < 1.29 is 10.0 Å². The van der Waals surface area contributed by atoms with E-state index < -0.39 is 0 Å². The number of rotatable bonds is 16. The molecule has 0 aromatic heterocycles. The molecule has 0 saturated carbocycles. The minimum atomic E-state index is -0.266. The van der Waals surface area contributed by atoms with Gasteiger partial charge in [-0.2, -0.15) is 0 Å². The molecule has 0 saturated heterocycles. The molecule has 0 bridgehead atoms. The third kappa shape index (κ3) is 17.7. The maximum atomic E-state index is 10.8. The summed E-state index contributed by atoms with van der Waals surface area (Å²) in [4.78, 5) is 10.8. The SMILES string of the molecule is O=C(CCCCCCCCCCCCCCCCCl)NO. The minimum Gasteiger partial charge on any atom is -0.289 e. The Labute approximate surface area is 135 Å². The Morgan fingerprint density at radius 3 is 1.33 bits per heavy atom. The van der Waals surface area contributed by atoms with Crippen molar-refractivity contribution in [3.8, 4) is 0 Å². The van der Waals surface area contributed by atoms with Gasteiger partial charge in [-0.1, -0.05) is 77.0 Å². The van der Waals surface area contributed by atoms with Crippen LogP contribution < -0.4 is 5.48 Å². The number of hydrogen-bond acceptors (Lipinski definition) is 2. The van der Waals surface area contributed by atoms with Gasteiger partial charge in [0.05, 0.1) is 0 Å². The first kappa shape index (κ1) is 20.7. The predicted octanol–water partition coefficient (Wildman–Crippen LogP) is 5.58. The summed E-state index contributed by atoms with van der Waals surface area (Å²) in [7, 11) is 0. The highest BCUT2D eigenvalue weighted by molar-refractivity contribution is 6.17. The topological polar surface area (TPSA) is 49.3 Å². The lowest BCUT2D eigenvalue weighted by atomic mass is 10.0. The molecule has 2 N–H and O–H groups in total. The van der Waals surface area contributed by atoms with Crippen molar-refractivity contribution in [2.24, 2.45) is 0 Å². The minimum absolute atomic E-state index is 0.266. The Bertz CT molecular complexity index is 225. The van der Waals surface area contributed by atoms with Crippen LogP contribution in [-0.4, -0.2) is 17.0 Å². The molecule has 1 amide bonds. The molecule has 0 radical (unpaired) electrons. The molecule has 21 heavy (non-hydrogen) atoms. The van der Waals surface area contributed by atoms with Gasteiger partial charge < -0.3 is 0 Å². The van der Waals surface area contributed by atoms with Gasteiger partial charge >= 0.3 is 0 Å². The number of carbonyl (C=O) groups is 1. The van der Waals surface area contributed by atoms with Crippen molar-refractivity contribution in [3.05, 3.63) is 0 Å². The Morgan fingerprint density at radius 1 is 0.667 bits per heavy atom. The van der Waals surface area contributed by atoms with Gasteiger partial charge in [0.15, 0.2) is 0 Å². The fourth-order valence-corrected chi connectivity index (χ4v) is 2.75. The van der Waals surface area contributed by atoms with Crippen LogP contribution >= 0.6 is 11.6 Å². The molecule has 0 atom stereocenters. The van der Waals surface area contributed by atoms with Crippen molar-refractivity contribution in [1.82, 2.24) is 5.48 Å². The van der Waals surface area contributed by atoms with E-state index in [4.69, 9.17) is 16.8 Å². The summed E-state index contributed by atoms with van der Waals surface area (Å²) < 4.78 is 0. The van der Waals surface area contributed by atoms with Crippen LogP contribution in [0.5, 0.6) is 0 Å². The number of carbonyl (C=O) groups excluding carboxylic acids is 1. The molecule has 0 heterocycles. The fraction of sp³-hybridized carbons (Fsp3) is 0.941. The Morgan fingerprint density at radius 2 is 1.00 bits per heavy atom. The third-order valence-electron chi connectivity index (χ3n) is 3.91. The van der Waals surface area contributed by atoms with Crippen LogP contribution in [0.1, 0.15) is 96.3 Å². The molecule has 0 fully saturated rings. The summed E-state index contributed by atoms with van der Waals surface area (Å²) in [6.07, 6.45) is 18.3. The number of nitrogens with one attached hydrogen (secondary N) is 1. The molecule has 126 valence electrons. The van der Waals surface area contributed by atoms with Crippen molar-refractivity contribution in [2.45, 2.75) is 96.3 Å². The second-order valence-electron chi connectivity index (χ2n) is 5.92. The Hall–Kier alpha value is -0.280. The number of halogens is 1. The van der Waals surface area contributed by atoms with Gasteiger partial charge in [-0.15, -0.1) is 11.6 Å². The zero-order valence-corrected chi connectivity index (χ0v) is 14.3. The van der Waals surface area contributed by atoms with Gasteiger partial charge in [0.1, 0.15) is 0 Å². The average Bonchev–Trinajstić information content (AvgIpc) is 2.50. The molecule has 0 aromatic rings. The summed E-state index contributed by atoms with van der Waals surface area (Å²) >= 11 is 5.65. The van der Waals surface area contributed by atoms with E-state index in [0.29, 0.717) is 6.42 Å². The maximum absolute atomic E-state index is 10.8. The van der Waals surface area contributed by atoms with E-state index in [1.165, 1.54) is 77.0 Å². The van der Waals surface area contributed by atoms with Gasteiger partial charge in [0, 0.05) is 12.3 Å². The lowest BCUT2D eigenvalue weighted by molar-refractivity contribution is -0.129. The first-order valence-electron chi connectivity index (χ1n) is 8.80. The van der Waals surface area contributed by atoms with E-state index in [2.05, 4.69) is 0 Å². The molecular formula is C17H34ClNO2. The Kier molecular flexibility index (Phi) is 17.5. The van der Waals surface area contributed by atoms with E-state index in [1.807, 2.05) is 0 Å². The third-order valence-corrected chi connectivity index (χ3v) is 4.18. The van der Waals surface area contributed by atoms with Gasteiger partial charge in [0.2, 0.25) is 5.91 Å². The standard InChI is InChI=1S/C17H34ClNO2/c18-16-14-12-10-8-6-4-2-1-3-5-7-9-11-13-15-17(20)19-21/h21H,1-16H2,(H,19,20). The van der Waals surface area contributed by atoms with Crippen LogP contribution in [0.2, 0.25) is 0 Å². The molecular weight excluding hydrogens is 286 g/mol. The van der Waals surface area contributed by atoms with Crippen LogP contribution in [0.15, 0.2) is 0 Å². The van der Waals surface area contributed by atoms with Crippen LogP contribution in [0.4, 0.5) is 0 Å². The zero-order valence-electron chi connectivity index (χ0n) is 13.5. The van der Waals surface area contributed by atoms with Crippen LogP contribution in [0, 0.1) is 0 Å². The molecule has 0 rings (SSSR count). The summed E-state index contributed by atoms with van der Waals surface area (Å²) in [5.74, 6) is 0.548. The number of unbranched alkanes of at least 4 members (excludes halogenated alkanes) is 13. The highest BCUT2D eigenvalue weighted by Crippen LogP contribution is 2.13. The second kappa shape index (κ2) is 17.8. The zero-order chi connectivity index (χ0) is 15.6. The smallest absolute Gasteiger partial charge is 0.243 e. The molecule has 0 spiro atoms. The molecule has 4 heteroatoms.